The van der Waals surface area contributed by atoms with Gasteiger partial charge in [0.1, 0.15) is 0 Å². The summed E-state index contributed by atoms with van der Waals surface area (Å²) in [4.78, 5) is 17.9. The number of nitrogens with one attached hydrogen (secondary N) is 1. The number of aromatic nitrogens is 3. The molecule has 2 unspecified atom stereocenters. The summed E-state index contributed by atoms with van der Waals surface area (Å²) in [5.74, 6) is 0.182. The van der Waals surface area contributed by atoms with Gasteiger partial charge in [-0.15, -0.1) is 11.3 Å². The van der Waals surface area contributed by atoms with Crippen molar-refractivity contribution in [1.29, 1.82) is 0 Å². The van der Waals surface area contributed by atoms with Crippen molar-refractivity contribution < 1.29 is 9.53 Å². The van der Waals surface area contributed by atoms with Crippen molar-refractivity contribution in [2.75, 3.05) is 13.7 Å². The van der Waals surface area contributed by atoms with Gasteiger partial charge in [0.2, 0.25) is 5.91 Å². The van der Waals surface area contributed by atoms with Crippen LogP contribution in [0.1, 0.15) is 25.7 Å². The molecule has 4 rings (SSSR count). The lowest BCUT2D eigenvalue weighted by Gasteiger charge is -2.27. The highest BCUT2D eigenvalue weighted by molar-refractivity contribution is 7.13. The second-order valence-corrected chi connectivity index (χ2v) is 8.30. The largest absolute Gasteiger partial charge is 0.381 e. The molecule has 0 saturated heterocycles. The maximum Gasteiger partial charge on any atom is 0.223 e. The number of rotatable bonds is 7. The molecule has 3 heterocycles. The third kappa shape index (κ3) is 4.57. The molecule has 0 aromatic carbocycles. The molecule has 3 aromatic heterocycles. The molecule has 1 saturated carbocycles. The van der Waals surface area contributed by atoms with Crippen molar-refractivity contribution in [2.24, 2.45) is 5.92 Å². The molecule has 0 aliphatic heterocycles. The average Bonchev–Trinajstić information content (AvgIpc) is 3.44. The molecule has 7 heteroatoms. The van der Waals surface area contributed by atoms with E-state index in [1.165, 1.54) is 0 Å². The summed E-state index contributed by atoms with van der Waals surface area (Å²) in [6.07, 6.45) is 9.56. The van der Waals surface area contributed by atoms with E-state index in [4.69, 9.17) is 4.74 Å². The summed E-state index contributed by atoms with van der Waals surface area (Å²) in [6, 6.07) is 8.14. The van der Waals surface area contributed by atoms with E-state index >= 15 is 0 Å². The molecule has 29 heavy (non-hydrogen) atoms. The third-order valence-corrected chi connectivity index (χ3v) is 6.41. The van der Waals surface area contributed by atoms with Gasteiger partial charge in [-0.25, -0.2) is 0 Å². The number of thiophene rings is 1. The molecule has 0 bridgehead atoms. The predicted octanol–water partition coefficient (Wildman–Crippen LogP) is 4.00. The Morgan fingerprint density at radius 2 is 2.17 bits per heavy atom. The number of pyridine rings is 1. The zero-order valence-electron chi connectivity index (χ0n) is 16.6. The smallest absolute Gasteiger partial charge is 0.223 e. The van der Waals surface area contributed by atoms with E-state index in [1.54, 1.807) is 30.8 Å². The normalized spacial score (nSPS) is 19.2. The van der Waals surface area contributed by atoms with E-state index in [9.17, 15) is 4.79 Å². The Hall–Kier alpha value is -2.51. The second-order valence-electron chi connectivity index (χ2n) is 7.36. The number of ether oxygens (including phenoxy) is 1. The number of amides is 1. The standard InChI is InChI=1S/C22H26N4O2S/c1-28-18-5-2-4-17(14-18)22(27)24-11-12-26-21(20-6-3-13-29-20)19(15-25-26)16-7-9-23-10-8-16/h3,6-10,13,15,17-18H,2,4-5,11-12,14H2,1H3,(H,24,27). The van der Waals surface area contributed by atoms with Gasteiger partial charge in [-0.2, -0.15) is 5.10 Å². The van der Waals surface area contributed by atoms with Crippen molar-refractivity contribution in [3.63, 3.8) is 0 Å². The first-order chi connectivity index (χ1) is 14.3. The fraction of sp³-hybridized carbons (Fsp3) is 0.409. The van der Waals surface area contributed by atoms with Crippen LogP contribution in [-0.2, 0) is 16.1 Å². The van der Waals surface area contributed by atoms with Crippen molar-refractivity contribution in [3.05, 3.63) is 48.2 Å². The van der Waals surface area contributed by atoms with Gasteiger partial charge in [0, 0.05) is 37.5 Å². The Morgan fingerprint density at radius 1 is 1.31 bits per heavy atom. The van der Waals surface area contributed by atoms with Crippen LogP contribution in [0.25, 0.3) is 21.7 Å². The molecular formula is C22H26N4O2S. The zero-order chi connectivity index (χ0) is 20.1. The molecule has 3 aromatic rings. The van der Waals surface area contributed by atoms with Gasteiger partial charge in [0.05, 0.1) is 29.4 Å². The van der Waals surface area contributed by atoms with Crippen molar-refractivity contribution in [2.45, 2.75) is 38.3 Å². The summed E-state index contributed by atoms with van der Waals surface area (Å²) in [5, 5.41) is 9.79. The number of hydrogen-bond donors (Lipinski definition) is 1. The molecular weight excluding hydrogens is 384 g/mol. The Bertz CT molecular complexity index is 924. The summed E-state index contributed by atoms with van der Waals surface area (Å²) < 4.78 is 7.44. The van der Waals surface area contributed by atoms with Gasteiger partial charge in [0.25, 0.3) is 0 Å². The fourth-order valence-electron chi connectivity index (χ4n) is 4.00. The number of hydrogen-bond acceptors (Lipinski definition) is 5. The van der Waals surface area contributed by atoms with Crippen molar-refractivity contribution in [1.82, 2.24) is 20.1 Å². The minimum atomic E-state index is 0.0514. The monoisotopic (exact) mass is 410 g/mol. The van der Waals surface area contributed by atoms with Crippen LogP contribution in [-0.4, -0.2) is 40.4 Å². The van der Waals surface area contributed by atoms with Crippen LogP contribution in [0.2, 0.25) is 0 Å². The summed E-state index contributed by atoms with van der Waals surface area (Å²) in [6.45, 7) is 1.19. The molecule has 1 aliphatic carbocycles. The van der Waals surface area contributed by atoms with Crippen LogP contribution in [0.4, 0.5) is 0 Å². The minimum absolute atomic E-state index is 0.0514. The van der Waals surface area contributed by atoms with Gasteiger partial charge in [-0.05, 0) is 48.4 Å². The van der Waals surface area contributed by atoms with E-state index in [0.29, 0.717) is 13.1 Å². The molecule has 152 valence electrons. The Labute approximate surface area is 174 Å². The maximum absolute atomic E-state index is 12.6. The van der Waals surface area contributed by atoms with Crippen molar-refractivity contribution >= 4 is 17.2 Å². The van der Waals surface area contributed by atoms with E-state index in [0.717, 1.165) is 47.4 Å². The lowest BCUT2D eigenvalue weighted by molar-refractivity contribution is -0.127. The molecule has 2 atom stereocenters. The molecule has 1 fully saturated rings. The molecule has 0 spiro atoms. The van der Waals surface area contributed by atoms with Crippen molar-refractivity contribution in [3.8, 4) is 21.7 Å². The van der Waals surface area contributed by atoms with Gasteiger partial charge in [0.15, 0.2) is 0 Å². The minimum Gasteiger partial charge on any atom is -0.381 e. The maximum atomic E-state index is 12.6. The predicted molar refractivity (Wildman–Crippen MR) is 115 cm³/mol. The highest BCUT2D eigenvalue weighted by atomic mass is 32.1. The molecule has 0 radical (unpaired) electrons. The topological polar surface area (TPSA) is 69.0 Å². The van der Waals surface area contributed by atoms with Gasteiger partial charge in [-0.3, -0.25) is 14.5 Å². The summed E-state index contributed by atoms with van der Waals surface area (Å²) >= 11 is 1.69. The van der Waals surface area contributed by atoms with E-state index in [2.05, 4.69) is 26.8 Å². The Morgan fingerprint density at radius 3 is 2.93 bits per heavy atom. The first kappa shape index (κ1) is 19.8. The van der Waals surface area contributed by atoms with Crippen LogP contribution in [0.15, 0.2) is 48.2 Å². The number of nitrogens with zero attached hydrogens (tertiary/aromatic N) is 3. The van der Waals surface area contributed by atoms with Crippen LogP contribution in [0, 0.1) is 5.92 Å². The second kappa shape index (κ2) is 9.33. The Balaban J connectivity index is 1.45. The zero-order valence-corrected chi connectivity index (χ0v) is 17.4. The average molecular weight is 411 g/mol. The number of methoxy groups -OCH3 is 1. The van der Waals surface area contributed by atoms with Gasteiger partial charge < -0.3 is 10.1 Å². The highest BCUT2D eigenvalue weighted by Gasteiger charge is 2.27. The number of carbonyl (C=O) groups is 1. The molecule has 1 amide bonds. The van der Waals surface area contributed by atoms with Gasteiger partial charge >= 0.3 is 0 Å². The number of carbonyl (C=O) groups excluding carboxylic acids is 1. The SMILES string of the molecule is COC1CCCC(C(=O)NCCn2ncc(-c3ccncc3)c2-c2cccs2)C1. The van der Waals surface area contributed by atoms with Crippen LogP contribution in [0.5, 0.6) is 0 Å². The summed E-state index contributed by atoms with van der Waals surface area (Å²) in [5.41, 5.74) is 3.25. The first-order valence-corrected chi connectivity index (χ1v) is 10.9. The molecule has 6 nitrogen and oxygen atoms in total. The fourth-order valence-corrected chi connectivity index (χ4v) is 4.79. The van der Waals surface area contributed by atoms with E-state index in [-0.39, 0.29) is 17.9 Å². The van der Waals surface area contributed by atoms with Crippen LogP contribution >= 0.6 is 11.3 Å². The van der Waals surface area contributed by atoms with Gasteiger partial charge in [-0.1, -0.05) is 12.5 Å². The highest BCUT2D eigenvalue weighted by Crippen LogP contribution is 2.34. The first-order valence-electron chi connectivity index (χ1n) is 10.1. The Kier molecular flexibility index (Phi) is 6.36. The van der Waals surface area contributed by atoms with Crippen LogP contribution < -0.4 is 5.32 Å². The summed E-state index contributed by atoms with van der Waals surface area (Å²) in [7, 11) is 1.73. The molecule has 1 N–H and O–H groups in total. The van der Waals surface area contributed by atoms with E-state index < -0.39 is 0 Å². The molecule has 1 aliphatic rings. The third-order valence-electron chi connectivity index (χ3n) is 5.54. The lowest BCUT2D eigenvalue weighted by Crippen LogP contribution is -2.37. The van der Waals surface area contributed by atoms with E-state index in [1.807, 2.05) is 29.1 Å². The quantitative estimate of drug-likeness (QED) is 0.639. The van der Waals surface area contributed by atoms with Crippen LogP contribution in [0.3, 0.4) is 0 Å². The lowest BCUT2D eigenvalue weighted by atomic mass is 9.86.